The standard InChI is InChI=1S/C15H19F3N2O2/c1-10-6-7-19-13(8-10)14(21)20-9-11-2-4-12(5-3-11)22-15(16,17)18/h2-5,10,13,19H,6-9H2,1H3,(H,20,21). The molecule has 122 valence electrons. The number of piperidine rings is 1. The van der Waals surface area contributed by atoms with Gasteiger partial charge in [0.1, 0.15) is 5.75 Å². The molecule has 4 nitrogen and oxygen atoms in total. The van der Waals surface area contributed by atoms with Crippen molar-refractivity contribution in [3.8, 4) is 5.75 Å². The van der Waals surface area contributed by atoms with E-state index >= 15 is 0 Å². The van der Waals surface area contributed by atoms with Crippen LogP contribution in [0.25, 0.3) is 0 Å². The summed E-state index contributed by atoms with van der Waals surface area (Å²) in [6, 6.07) is 5.26. The largest absolute Gasteiger partial charge is 0.573 e. The second kappa shape index (κ2) is 7.00. The molecule has 7 heteroatoms. The first kappa shape index (κ1) is 16.6. The number of carbonyl (C=O) groups is 1. The van der Waals surface area contributed by atoms with Crippen LogP contribution >= 0.6 is 0 Å². The van der Waals surface area contributed by atoms with Gasteiger partial charge in [0.25, 0.3) is 0 Å². The number of carbonyl (C=O) groups excluding carboxylic acids is 1. The molecule has 0 spiro atoms. The van der Waals surface area contributed by atoms with Crippen LogP contribution in [0.4, 0.5) is 13.2 Å². The molecule has 0 aliphatic carbocycles. The molecule has 1 aromatic rings. The Hall–Kier alpha value is -1.76. The normalized spacial score (nSPS) is 22.2. The molecule has 2 atom stereocenters. The van der Waals surface area contributed by atoms with Gasteiger partial charge in [-0.05, 0) is 43.0 Å². The molecule has 1 aliphatic heterocycles. The highest BCUT2D eigenvalue weighted by Crippen LogP contribution is 2.22. The van der Waals surface area contributed by atoms with Crippen molar-refractivity contribution >= 4 is 5.91 Å². The van der Waals surface area contributed by atoms with Gasteiger partial charge in [0, 0.05) is 6.54 Å². The lowest BCUT2D eigenvalue weighted by molar-refractivity contribution is -0.274. The van der Waals surface area contributed by atoms with Crippen molar-refractivity contribution in [1.82, 2.24) is 10.6 Å². The van der Waals surface area contributed by atoms with E-state index in [1.165, 1.54) is 24.3 Å². The smallest absolute Gasteiger partial charge is 0.406 e. The van der Waals surface area contributed by atoms with Crippen molar-refractivity contribution in [2.45, 2.75) is 38.7 Å². The Morgan fingerprint density at radius 1 is 1.36 bits per heavy atom. The number of hydrogen-bond acceptors (Lipinski definition) is 3. The van der Waals surface area contributed by atoms with Gasteiger partial charge in [0.2, 0.25) is 5.91 Å². The summed E-state index contributed by atoms with van der Waals surface area (Å²) in [6.07, 6.45) is -2.84. The Morgan fingerprint density at radius 2 is 2.05 bits per heavy atom. The van der Waals surface area contributed by atoms with Crippen LogP contribution in [0.1, 0.15) is 25.3 Å². The second-order valence-corrected chi connectivity index (χ2v) is 5.55. The minimum atomic E-state index is -4.70. The first-order valence-electron chi connectivity index (χ1n) is 7.19. The fraction of sp³-hybridized carbons (Fsp3) is 0.533. The van der Waals surface area contributed by atoms with E-state index in [1.807, 2.05) is 0 Å². The third-order valence-corrected chi connectivity index (χ3v) is 3.61. The van der Waals surface area contributed by atoms with Gasteiger partial charge >= 0.3 is 6.36 Å². The summed E-state index contributed by atoms with van der Waals surface area (Å²) in [5, 5.41) is 5.96. The predicted octanol–water partition coefficient (Wildman–Crippen LogP) is 2.59. The quantitative estimate of drug-likeness (QED) is 0.898. The molecular formula is C15H19F3N2O2. The fourth-order valence-electron chi connectivity index (χ4n) is 2.43. The highest BCUT2D eigenvalue weighted by molar-refractivity contribution is 5.81. The van der Waals surface area contributed by atoms with Gasteiger partial charge in [-0.15, -0.1) is 13.2 Å². The molecule has 0 radical (unpaired) electrons. The molecule has 1 aromatic carbocycles. The number of halogens is 3. The SMILES string of the molecule is CC1CCNC(C(=O)NCc2ccc(OC(F)(F)F)cc2)C1. The van der Waals surface area contributed by atoms with Crippen molar-refractivity contribution in [1.29, 1.82) is 0 Å². The summed E-state index contributed by atoms with van der Waals surface area (Å²) in [6.45, 7) is 3.21. The number of alkyl halides is 3. The minimum absolute atomic E-state index is 0.0813. The van der Waals surface area contributed by atoms with Crippen LogP contribution < -0.4 is 15.4 Å². The highest BCUT2D eigenvalue weighted by Gasteiger charge is 2.31. The monoisotopic (exact) mass is 316 g/mol. The topological polar surface area (TPSA) is 50.4 Å². The number of amides is 1. The van der Waals surface area contributed by atoms with Crippen LogP contribution in [0.2, 0.25) is 0 Å². The van der Waals surface area contributed by atoms with Gasteiger partial charge in [0.05, 0.1) is 6.04 Å². The molecule has 1 heterocycles. The molecule has 0 aromatic heterocycles. The van der Waals surface area contributed by atoms with Gasteiger partial charge in [-0.3, -0.25) is 4.79 Å². The molecule has 1 saturated heterocycles. The molecular weight excluding hydrogens is 297 g/mol. The molecule has 1 aliphatic rings. The molecule has 1 fully saturated rings. The average molecular weight is 316 g/mol. The summed E-state index contributed by atoms with van der Waals surface area (Å²) < 4.78 is 39.9. The molecule has 2 unspecified atom stereocenters. The van der Waals surface area contributed by atoms with E-state index < -0.39 is 6.36 Å². The number of rotatable bonds is 4. The number of benzene rings is 1. The maximum atomic E-state index is 12.0. The zero-order valence-electron chi connectivity index (χ0n) is 12.2. The molecule has 1 amide bonds. The minimum Gasteiger partial charge on any atom is -0.406 e. The lowest BCUT2D eigenvalue weighted by atomic mass is 9.94. The average Bonchev–Trinajstić information content (AvgIpc) is 2.44. The van der Waals surface area contributed by atoms with E-state index in [9.17, 15) is 18.0 Å². The van der Waals surface area contributed by atoms with Crippen molar-refractivity contribution in [2.75, 3.05) is 6.54 Å². The zero-order chi connectivity index (χ0) is 16.2. The van der Waals surface area contributed by atoms with E-state index in [0.29, 0.717) is 11.5 Å². The van der Waals surface area contributed by atoms with E-state index in [-0.39, 0.29) is 24.2 Å². The van der Waals surface area contributed by atoms with Gasteiger partial charge in [-0.1, -0.05) is 19.1 Å². The van der Waals surface area contributed by atoms with Crippen LogP contribution in [-0.2, 0) is 11.3 Å². The predicted molar refractivity (Wildman–Crippen MR) is 75.2 cm³/mol. The number of hydrogen-bond donors (Lipinski definition) is 2. The summed E-state index contributed by atoms with van der Waals surface area (Å²) in [7, 11) is 0. The number of nitrogens with one attached hydrogen (secondary N) is 2. The highest BCUT2D eigenvalue weighted by atomic mass is 19.4. The summed E-state index contributed by atoms with van der Waals surface area (Å²) in [5.74, 6) is 0.156. The second-order valence-electron chi connectivity index (χ2n) is 5.55. The van der Waals surface area contributed by atoms with E-state index in [2.05, 4.69) is 22.3 Å². The maximum absolute atomic E-state index is 12.0. The van der Waals surface area contributed by atoms with Gasteiger partial charge in [0.15, 0.2) is 0 Å². The molecule has 0 bridgehead atoms. The summed E-state index contributed by atoms with van der Waals surface area (Å²) >= 11 is 0. The maximum Gasteiger partial charge on any atom is 0.573 e. The zero-order valence-corrected chi connectivity index (χ0v) is 12.2. The van der Waals surface area contributed by atoms with Crippen LogP contribution in [0.15, 0.2) is 24.3 Å². The summed E-state index contributed by atoms with van der Waals surface area (Å²) in [4.78, 5) is 12.0. The van der Waals surface area contributed by atoms with Crippen molar-refractivity contribution in [3.63, 3.8) is 0 Å². The van der Waals surface area contributed by atoms with E-state index in [0.717, 1.165) is 19.4 Å². The first-order chi connectivity index (χ1) is 10.3. The number of ether oxygens (including phenoxy) is 1. The Morgan fingerprint density at radius 3 is 2.64 bits per heavy atom. The van der Waals surface area contributed by atoms with Gasteiger partial charge < -0.3 is 15.4 Å². The van der Waals surface area contributed by atoms with Gasteiger partial charge in [-0.2, -0.15) is 0 Å². The van der Waals surface area contributed by atoms with Crippen LogP contribution in [0.3, 0.4) is 0 Å². The van der Waals surface area contributed by atoms with Crippen molar-refractivity contribution in [3.05, 3.63) is 29.8 Å². The fourth-order valence-corrected chi connectivity index (χ4v) is 2.43. The molecule has 0 saturated carbocycles. The Bertz CT molecular complexity index is 503. The van der Waals surface area contributed by atoms with Crippen molar-refractivity contribution < 1.29 is 22.7 Å². The van der Waals surface area contributed by atoms with E-state index in [1.54, 1.807) is 0 Å². The Labute approximate surface area is 127 Å². The third-order valence-electron chi connectivity index (χ3n) is 3.61. The van der Waals surface area contributed by atoms with Gasteiger partial charge in [-0.25, -0.2) is 0 Å². The van der Waals surface area contributed by atoms with E-state index in [4.69, 9.17) is 0 Å². The van der Waals surface area contributed by atoms with Crippen LogP contribution in [-0.4, -0.2) is 24.9 Å². The molecule has 2 N–H and O–H groups in total. The van der Waals surface area contributed by atoms with Crippen molar-refractivity contribution in [2.24, 2.45) is 5.92 Å². The molecule has 22 heavy (non-hydrogen) atoms. The van der Waals surface area contributed by atoms with Crippen LogP contribution in [0, 0.1) is 5.92 Å². The molecule has 2 rings (SSSR count). The summed E-state index contributed by atoms with van der Waals surface area (Å²) in [5.41, 5.74) is 0.715. The Balaban J connectivity index is 1.82. The lowest BCUT2D eigenvalue weighted by Crippen LogP contribution is -2.48. The van der Waals surface area contributed by atoms with Crippen LogP contribution in [0.5, 0.6) is 5.75 Å². The lowest BCUT2D eigenvalue weighted by Gasteiger charge is -2.27. The Kier molecular flexibility index (Phi) is 5.28. The third kappa shape index (κ3) is 5.22. The first-order valence-corrected chi connectivity index (χ1v) is 7.19.